The Hall–Kier alpha value is -1.59. The fourth-order valence-corrected chi connectivity index (χ4v) is 1.37. The Morgan fingerprint density at radius 2 is 1.89 bits per heavy atom. The van der Waals surface area contributed by atoms with Crippen molar-refractivity contribution in [1.29, 1.82) is 0 Å². The number of anilines is 1. The SMILES string of the molecule is CC[C@H](CO)NC(=O)C(=O)Nc1ccc(Cl)cc1. The number of aliphatic hydroxyl groups is 1. The Morgan fingerprint density at radius 3 is 2.39 bits per heavy atom. The van der Waals surface area contributed by atoms with Gasteiger partial charge in [0, 0.05) is 10.7 Å². The van der Waals surface area contributed by atoms with E-state index in [0.29, 0.717) is 17.1 Å². The van der Waals surface area contributed by atoms with Crippen molar-refractivity contribution in [2.75, 3.05) is 11.9 Å². The van der Waals surface area contributed by atoms with E-state index < -0.39 is 17.9 Å². The van der Waals surface area contributed by atoms with Gasteiger partial charge in [0.05, 0.1) is 12.6 Å². The van der Waals surface area contributed by atoms with Crippen molar-refractivity contribution in [2.24, 2.45) is 0 Å². The van der Waals surface area contributed by atoms with Crippen molar-refractivity contribution >= 4 is 29.1 Å². The molecule has 1 aromatic carbocycles. The second kappa shape index (κ2) is 6.98. The summed E-state index contributed by atoms with van der Waals surface area (Å²) in [5, 5.41) is 14.3. The second-order valence-electron chi connectivity index (χ2n) is 3.72. The van der Waals surface area contributed by atoms with Crippen LogP contribution >= 0.6 is 11.6 Å². The van der Waals surface area contributed by atoms with Crippen molar-refractivity contribution in [3.63, 3.8) is 0 Å². The molecule has 1 rings (SSSR count). The van der Waals surface area contributed by atoms with E-state index in [1.807, 2.05) is 0 Å². The lowest BCUT2D eigenvalue weighted by atomic mass is 10.2. The average Bonchev–Trinajstić information content (AvgIpc) is 2.38. The third-order valence-electron chi connectivity index (χ3n) is 2.36. The lowest BCUT2D eigenvalue weighted by Gasteiger charge is -2.13. The molecular formula is C12H15ClN2O3. The van der Waals surface area contributed by atoms with Gasteiger partial charge in [0.15, 0.2) is 0 Å². The molecule has 0 aliphatic heterocycles. The highest BCUT2D eigenvalue weighted by Gasteiger charge is 2.17. The first kappa shape index (κ1) is 14.5. The minimum Gasteiger partial charge on any atom is -0.394 e. The number of aliphatic hydroxyl groups excluding tert-OH is 1. The quantitative estimate of drug-likeness (QED) is 0.719. The first-order valence-electron chi connectivity index (χ1n) is 5.55. The molecule has 3 N–H and O–H groups in total. The summed E-state index contributed by atoms with van der Waals surface area (Å²) in [5.74, 6) is -1.55. The van der Waals surface area contributed by atoms with E-state index in [-0.39, 0.29) is 6.61 Å². The maximum absolute atomic E-state index is 11.5. The summed E-state index contributed by atoms with van der Waals surface area (Å²) in [4.78, 5) is 23.0. The topological polar surface area (TPSA) is 78.4 Å². The van der Waals surface area contributed by atoms with E-state index in [1.54, 1.807) is 31.2 Å². The van der Waals surface area contributed by atoms with E-state index in [1.165, 1.54) is 0 Å². The van der Waals surface area contributed by atoms with Crippen LogP contribution in [-0.2, 0) is 9.59 Å². The molecule has 0 heterocycles. The summed E-state index contributed by atoms with van der Waals surface area (Å²) in [5.41, 5.74) is 0.483. The van der Waals surface area contributed by atoms with Crippen LogP contribution in [0, 0.1) is 0 Å². The summed E-state index contributed by atoms with van der Waals surface area (Å²) in [6.45, 7) is 1.61. The minimum absolute atomic E-state index is 0.198. The van der Waals surface area contributed by atoms with Crippen molar-refractivity contribution in [3.05, 3.63) is 29.3 Å². The number of amides is 2. The van der Waals surface area contributed by atoms with Crippen LogP contribution in [0.3, 0.4) is 0 Å². The van der Waals surface area contributed by atoms with Gasteiger partial charge in [-0.3, -0.25) is 9.59 Å². The molecule has 18 heavy (non-hydrogen) atoms. The van der Waals surface area contributed by atoms with Gasteiger partial charge in [0.25, 0.3) is 0 Å². The van der Waals surface area contributed by atoms with E-state index in [9.17, 15) is 9.59 Å². The highest BCUT2D eigenvalue weighted by Crippen LogP contribution is 2.13. The van der Waals surface area contributed by atoms with Crippen LogP contribution in [0.2, 0.25) is 5.02 Å². The van der Waals surface area contributed by atoms with Crippen molar-refractivity contribution in [1.82, 2.24) is 5.32 Å². The molecule has 0 spiro atoms. The van der Waals surface area contributed by atoms with Crippen molar-refractivity contribution in [3.8, 4) is 0 Å². The molecule has 0 saturated carbocycles. The second-order valence-corrected chi connectivity index (χ2v) is 4.16. The van der Waals surface area contributed by atoms with E-state index in [0.717, 1.165) is 0 Å². The van der Waals surface area contributed by atoms with Gasteiger partial charge >= 0.3 is 11.8 Å². The van der Waals surface area contributed by atoms with Crippen LogP contribution in [0.25, 0.3) is 0 Å². The average molecular weight is 271 g/mol. The summed E-state index contributed by atoms with van der Waals surface area (Å²) in [6, 6.07) is 6.00. The Labute approximate surface area is 110 Å². The molecule has 0 aliphatic carbocycles. The standard InChI is InChI=1S/C12H15ClN2O3/c1-2-9(7-16)14-11(17)12(18)15-10-5-3-8(13)4-6-10/h3-6,9,16H,2,7H2,1H3,(H,14,17)(H,15,18)/t9-/m1/s1. The Kier molecular flexibility index (Phi) is 5.61. The molecule has 0 aliphatic rings. The van der Waals surface area contributed by atoms with E-state index in [2.05, 4.69) is 10.6 Å². The molecule has 5 nitrogen and oxygen atoms in total. The maximum atomic E-state index is 11.5. The monoisotopic (exact) mass is 270 g/mol. The van der Waals surface area contributed by atoms with Gasteiger partial charge in [0.2, 0.25) is 0 Å². The van der Waals surface area contributed by atoms with Crippen LogP contribution in [0.4, 0.5) is 5.69 Å². The summed E-state index contributed by atoms with van der Waals surface area (Å²) < 4.78 is 0. The normalized spacial score (nSPS) is 11.7. The van der Waals surface area contributed by atoms with Gasteiger partial charge in [0.1, 0.15) is 0 Å². The zero-order valence-corrected chi connectivity index (χ0v) is 10.7. The molecule has 0 radical (unpaired) electrons. The predicted octanol–water partition coefficient (Wildman–Crippen LogP) is 1.17. The third-order valence-corrected chi connectivity index (χ3v) is 2.61. The lowest BCUT2D eigenvalue weighted by molar-refractivity contribution is -0.136. The molecule has 0 bridgehead atoms. The van der Waals surface area contributed by atoms with Gasteiger partial charge in [-0.25, -0.2) is 0 Å². The Bertz CT molecular complexity index is 416. The number of hydrogen-bond acceptors (Lipinski definition) is 3. The van der Waals surface area contributed by atoms with Crippen LogP contribution < -0.4 is 10.6 Å². The maximum Gasteiger partial charge on any atom is 0.313 e. The molecule has 1 aromatic rings. The van der Waals surface area contributed by atoms with Crippen LogP contribution in [0.5, 0.6) is 0 Å². The molecule has 2 amide bonds. The predicted molar refractivity (Wildman–Crippen MR) is 69.4 cm³/mol. The molecular weight excluding hydrogens is 256 g/mol. The van der Waals surface area contributed by atoms with Crippen LogP contribution in [-0.4, -0.2) is 29.6 Å². The summed E-state index contributed by atoms with van der Waals surface area (Å²) >= 11 is 5.70. The van der Waals surface area contributed by atoms with E-state index in [4.69, 9.17) is 16.7 Å². The Morgan fingerprint density at radius 1 is 1.28 bits per heavy atom. The fourth-order valence-electron chi connectivity index (χ4n) is 1.25. The third kappa shape index (κ3) is 4.35. The molecule has 1 atom stereocenters. The van der Waals surface area contributed by atoms with Crippen LogP contribution in [0.1, 0.15) is 13.3 Å². The zero-order chi connectivity index (χ0) is 13.5. The van der Waals surface area contributed by atoms with Gasteiger partial charge < -0.3 is 15.7 Å². The molecule has 0 fully saturated rings. The molecule has 98 valence electrons. The van der Waals surface area contributed by atoms with Crippen LogP contribution in [0.15, 0.2) is 24.3 Å². The fraction of sp³-hybridized carbons (Fsp3) is 0.333. The van der Waals surface area contributed by atoms with E-state index >= 15 is 0 Å². The lowest BCUT2D eigenvalue weighted by Crippen LogP contribution is -2.43. The minimum atomic E-state index is -0.774. The molecule has 0 unspecified atom stereocenters. The molecule has 0 saturated heterocycles. The molecule has 6 heteroatoms. The summed E-state index contributed by atoms with van der Waals surface area (Å²) in [6.07, 6.45) is 0.552. The number of carbonyl (C=O) groups excluding carboxylic acids is 2. The number of nitrogens with one attached hydrogen (secondary N) is 2. The van der Waals surface area contributed by atoms with Crippen molar-refractivity contribution < 1.29 is 14.7 Å². The van der Waals surface area contributed by atoms with Gasteiger partial charge in [-0.2, -0.15) is 0 Å². The number of rotatable bonds is 4. The number of hydrogen-bond donors (Lipinski definition) is 3. The highest BCUT2D eigenvalue weighted by molar-refractivity contribution is 6.39. The smallest absolute Gasteiger partial charge is 0.313 e. The number of carbonyl (C=O) groups is 2. The highest BCUT2D eigenvalue weighted by atomic mass is 35.5. The zero-order valence-electron chi connectivity index (χ0n) is 9.94. The first-order valence-corrected chi connectivity index (χ1v) is 5.93. The van der Waals surface area contributed by atoms with Gasteiger partial charge in [-0.1, -0.05) is 18.5 Å². The number of halogens is 1. The van der Waals surface area contributed by atoms with Gasteiger partial charge in [-0.15, -0.1) is 0 Å². The van der Waals surface area contributed by atoms with Crippen molar-refractivity contribution in [2.45, 2.75) is 19.4 Å². The van der Waals surface area contributed by atoms with Gasteiger partial charge in [-0.05, 0) is 30.7 Å². The largest absolute Gasteiger partial charge is 0.394 e. The first-order chi connectivity index (χ1) is 8.56. The Balaban J connectivity index is 2.54. The number of benzene rings is 1. The summed E-state index contributed by atoms with van der Waals surface area (Å²) in [7, 11) is 0. The molecule has 0 aromatic heterocycles.